The van der Waals surface area contributed by atoms with Crippen LogP contribution in [-0.4, -0.2) is 30.7 Å². The molecule has 0 aliphatic carbocycles. The van der Waals surface area contributed by atoms with Crippen molar-refractivity contribution in [1.82, 2.24) is 0 Å². The Balaban J connectivity index is 2.90. The number of phenolic OH excluding ortho intramolecular Hbond substituents is 2. The number of carbonyl (C=O) groups excluding carboxylic acids is 1. The SMILES string of the molecule is COc1c(O)c(O)c(C=O)c(-c2ccccc2)c1OC. The molecule has 0 bridgehead atoms. The summed E-state index contributed by atoms with van der Waals surface area (Å²) in [5.74, 6) is -0.881. The van der Waals surface area contributed by atoms with E-state index in [1.54, 1.807) is 24.3 Å². The summed E-state index contributed by atoms with van der Waals surface area (Å²) in [4.78, 5) is 11.3. The molecule has 0 aliphatic rings. The largest absolute Gasteiger partial charge is 0.504 e. The van der Waals surface area contributed by atoms with Crippen LogP contribution < -0.4 is 9.47 Å². The van der Waals surface area contributed by atoms with E-state index in [0.29, 0.717) is 17.4 Å². The van der Waals surface area contributed by atoms with Crippen LogP contribution >= 0.6 is 0 Å². The second-order valence-electron chi connectivity index (χ2n) is 4.04. The summed E-state index contributed by atoms with van der Waals surface area (Å²) < 4.78 is 10.3. The monoisotopic (exact) mass is 274 g/mol. The first-order valence-corrected chi connectivity index (χ1v) is 5.86. The van der Waals surface area contributed by atoms with Crippen LogP contribution in [0.25, 0.3) is 11.1 Å². The van der Waals surface area contributed by atoms with Crippen molar-refractivity contribution < 1.29 is 24.5 Å². The van der Waals surface area contributed by atoms with E-state index in [-0.39, 0.29) is 17.1 Å². The zero-order valence-corrected chi connectivity index (χ0v) is 11.1. The smallest absolute Gasteiger partial charge is 0.207 e. The molecule has 5 nitrogen and oxygen atoms in total. The van der Waals surface area contributed by atoms with Crippen molar-refractivity contribution in [1.29, 1.82) is 0 Å². The molecular weight excluding hydrogens is 260 g/mol. The van der Waals surface area contributed by atoms with Gasteiger partial charge in [0.2, 0.25) is 11.5 Å². The quantitative estimate of drug-likeness (QED) is 0.662. The van der Waals surface area contributed by atoms with Crippen molar-refractivity contribution in [2.45, 2.75) is 0 Å². The summed E-state index contributed by atoms with van der Waals surface area (Å²) in [6, 6.07) is 8.94. The molecule has 2 aromatic carbocycles. The average molecular weight is 274 g/mol. The highest BCUT2D eigenvalue weighted by molar-refractivity contribution is 5.97. The summed E-state index contributed by atoms with van der Waals surface area (Å²) in [5.41, 5.74) is 0.988. The number of hydrogen-bond donors (Lipinski definition) is 2. The predicted molar refractivity (Wildman–Crippen MR) is 73.7 cm³/mol. The number of benzene rings is 2. The molecule has 0 atom stereocenters. The zero-order valence-electron chi connectivity index (χ0n) is 11.1. The number of ether oxygens (including phenoxy) is 2. The number of hydrogen-bond acceptors (Lipinski definition) is 5. The standard InChI is InChI=1S/C15H14O5/c1-19-14-11(9-6-4-3-5-7-9)10(8-16)12(17)13(18)15(14)20-2/h3-8,17-18H,1-2H3. The Labute approximate surface area is 116 Å². The first kappa shape index (κ1) is 13.7. The Morgan fingerprint density at radius 2 is 1.55 bits per heavy atom. The molecule has 0 aromatic heterocycles. The molecule has 104 valence electrons. The van der Waals surface area contributed by atoms with Gasteiger partial charge in [0.25, 0.3) is 0 Å². The highest BCUT2D eigenvalue weighted by Crippen LogP contribution is 2.51. The minimum atomic E-state index is -0.531. The van der Waals surface area contributed by atoms with Gasteiger partial charge in [0, 0.05) is 5.56 Å². The van der Waals surface area contributed by atoms with E-state index in [1.807, 2.05) is 6.07 Å². The van der Waals surface area contributed by atoms with Crippen LogP contribution in [0.15, 0.2) is 30.3 Å². The second-order valence-corrected chi connectivity index (χ2v) is 4.04. The molecule has 0 radical (unpaired) electrons. The zero-order chi connectivity index (χ0) is 14.7. The number of aldehydes is 1. The van der Waals surface area contributed by atoms with Crippen LogP contribution in [-0.2, 0) is 0 Å². The number of rotatable bonds is 4. The summed E-state index contributed by atoms with van der Waals surface area (Å²) in [5, 5.41) is 19.8. The Kier molecular flexibility index (Phi) is 3.79. The van der Waals surface area contributed by atoms with E-state index in [9.17, 15) is 15.0 Å². The van der Waals surface area contributed by atoms with Gasteiger partial charge in [-0.15, -0.1) is 0 Å². The van der Waals surface area contributed by atoms with Gasteiger partial charge in [0.05, 0.1) is 19.8 Å². The Bertz CT molecular complexity index is 635. The molecular formula is C15H14O5. The van der Waals surface area contributed by atoms with Gasteiger partial charge in [-0.05, 0) is 5.56 Å². The summed E-state index contributed by atoms with van der Waals surface area (Å²) in [7, 11) is 2.74. The molecule has 2 rings (SSSR count). The van der Waals surface area contributed by atoms with Gasteiger partial charge in [0.1, 0.15) is 0 Å². The summed E-state index contributed by atoms with van der Waals surface area (Å²) in [6.45, 7) is 0. The van der Waals surface area contributed by atoms with E-state index in [0.717, 1.165) is 0 Å². The highest BCUT2D eigenvalue weighted by Gasteiger charge is 2.25. The molecule has 0 heterocycles. The topological polar surface area (TPSA) is 76.0 Å². The number of aromatic hydroxyl groups is 2. The van der Waals surface area contributed by atoms with Crippen LogP contribution in [0.2, 0.25) is 0 Å². The minimum absolute atomic E-state index is 0.0190. The van der Waals surface area contributed by atoms with Gasteiger partial charge < -0.3 is 19.7 Å². The van der Waals surface area contributed by atoms with E-state index in [2.05, 4.69) is 0 Å². The maximum absolute atomic E-state index is 11.3. The normalized spacial score (nSPS) is 10.1. The van der Waals surface area contributed by atoms with Gasteiger partial charge in [-0.1, -0.05) is 30.3 Å². The average Bonchev–Trinajstić information content (AvgIpc) is 2.50. The molecule has 0 saturated carbocycles. The minimum Gasteiger partial charge on any atom is -0.504 e. The van der Waals surface area contributed by atoms with Gasteiger partial charge in [-0.25, -0.2) is 0 Å². The number of methoxy groups -OCH3 is 2. The fraction of sp³-hybridized carbons (Fsp3) is 0.133. The second kappa shape index (κ2) is 5.52. The summed E-state index contributed by atoms with van der Waals surface area (Å²) >= 11 is 0. The van der Waals surface area contributed by atoms with Gasteiger partial charge in [0.15, 0.2) is 17.8 Å². The van der Waals surface area contributed by atoms with E-state index < -0.39 is 11.5 Å². The molecule has 0 unspecified atom stereocenters. The van der Waals surface area contributed by atoms with Crippen LogP contribution in [0.3, 0.4) is 0 Å². The molecule has 2 N–H and O–H groups in total. The highest BCUT2D eigenvalue weighted by atomic mass is 16.5. The van der Waals surface area contributed by atoms with Gasteiger partial charge in [-0.3, -0.25) is 4.79 Å². The Morgan fingerprint density at radius 1 is 0.950 bits per heavy atom. The fourth-order valence-electron chi connectivity index (χ4n) is 2.09. The van der Waals surface area contributed by atoms with Gasteiger partial charge >= 0.3 is 0 Å². The van der Waals surface area contributed by atoms with Crippen molar-refractivity contribution in [3.63, 3.8) is 0 Å². The van der Waals surface area contributed by atoms with Crippen molar-refractivity contribution >= 4 is 6.29 Å². The van der Waals surface area contributed by atoms with Crippen molar-refractivity contribution in [3.05, 3.63) is 35.9 Å². The lowest BCUT2D eigenvalue weighted by atomic mass is 9.97. The van der Waals surface area contributed by atoms with Crippen LogP contribution in [0.4, 0.5) is 0 Å². The van der Waals surface area contributed by atoms with Gasteiger partial charge in [-0.2, -0.15) is 0 Å². The number of phenols is 2. The van der Waals surface area contributed by atoms with Crippen molar-refractivity contribution in [3.8, 4) is 34.1 Å². The summed E-state index contributed by atoms with van der Waals surface area (Å²) in [6.07, 6.45) is 0.472. The third-order valence-corrected chi connectivity index (χ3v) is 2.99. The van der Waals surface area contributed by atoms with E-state index >= 15 is 0 Å². The molecule has 0 spiro atoms. The Morgan fingerprint density at radius 3 is 2.05 bits per heavy atom. The van der Waals surface area contributed by atoms with Crippen LogP contribution in [0.5, 0.6) is 23.0 Å². The van der Waals surface area contributed by atoms with E-state index in [1.165, 1.54) is 14.2 Å². The molecule has 5 heteroatoms. The molecule has 20 heavy (non-hydrogen) atoms. The fourth-order valence-corrected chi connectivity index (χ4v) is 2.09. The third kappa shape index (κ3) is 2.03. The third-order valence-electron chi connectivity index (χ3n) is 2.99. The maximum atomic E-state index is 11.3. The van der Waals surface area contributed by atoms with Crippen LogP contribution in [0.1, 0.15) is 10.4 Å². The van der Waals surface area contributed by atoms with Crippen molar-refractivity contribution in [2.24, 2.45) is 0 Å². The Hall–Kier alpha value is -2.69. The lowest BCUT2D eigenvalue weighted by Gasteiger charge is -2.17. The maximum Gasteiger partial charge on any atom is 0.207 e. The molecule has 2 aromatic rings. The predicted octanol–water partition coefficient (Wildman–Crippen LogP) is 2.59. The molecule has 0 fully saturated rings. The van der Waals surface area contributed by atoms with E-state index in [4.69, 9.17) is 9.47 Å². The lowest BCUT2D eigenvalue weighted by molar-refractivity contribution is 0.112. The first-order valence-electron chi connectivity index (χ1n) is 5.86. The molecule has 0 amide bonds. The molecule has 0 saturated heterocycles. The number of carbonyl (C=O) groups is 1. The lowest BCUT2D eigenvalue weighted by Crippen LogP contribution is -1.99. The van der Waals surface area contributed by atoms with Crippen molar-refractivity contribution in [2.75, 3.05) is 14.2 Å². The molecule has 0 aliphatic heterocycles. The first-order chi connectivity index (χ1) is 9.65. The van der Waals surface area contributed by atoms with Crippen LogP contribution in [0, 0.1) is 0 Å².